The van der Waals surface area contributed by atoms with E-state index in [9.17, 15) is 18.0 Å². The van der Waals surface area contributed by atoms with Gasteiger partial charge < -0.3 is 5.32 Å². The summed E-state index contributed by atoms with van der Waals surface area (Å²) >= 11 is 1.34. The zero-order chi connectivity index (χ0) is 19.9. The van der Waals surface area contributed by atoms with Gasteiger partial charge in [0.05, 0.1) is 5.52 Å². The van der Waals surface area contributed by atoms with Gasteiger partial charge in [0, 0.05) is 53.0 Å². The third-order valence-corrected chi connectivity index (χ3v) is 4.71. The number of amides is 1. The average molecular weight is 403 g/mol. The van der Waals surface area contributed by atoms with Crippen molar-refractivity contribution in [3.05, 3.63) is 59.4 Å². The lowest BCUT2D eigenvalue weighted by molar-refractivity contribution is -0.141. The molecule has 6 nitrogen and oxygen atoms in total. The number of alkyl halides is 3. The largest absolute Gasteiger partial charge is 0.435 e. The van der Waals surface area contributed by atoms with Crippen LogP contribution >= 0.6 is 11.5 Å². The number of aromatic nitrogens is 4. The second-order valence-electron chi connectivity index (χ2n) is 6.03. The summed E-state index contributed by atoms with van der Waals surface area (Å²) in [5, 5.41) is 8.56. The molecule has 1 aromatic carbocycles. The number of carbonyl (C=O) groups excluding carboxylic acids is 1. The number of carbonyl (C=O) groups is 1. The number of fused-ring (bicyclic) bond motifs is 1. The van der Waals surface area contributed by atoms with Gasteiger partial charge >= 0.3 is 6.18 Å². The number of nitrogens with zero attached hydrogens (tertiary/aromatic N) is 4. The van der Waals surface area contributed by atoms with E-state index in [-0.39, 0.29) is 11.4 Å². The fourth-order valence-electron chi connectivity index (χ4n) is 2.68. The van der Waals surface area contributed by atoms with E-state index in [1.165, 1.54) is 18.6 Å². The summed E-state index contributed by atoms with van der Waals surface area (Å²) in [7, 11) is 1.33. The smallest absolute Gasteiger partial charge is 0.307 e. The molecule has 0 aliphatic heterocycles. The van der Waals surface area contributed by atoms with Crippen LogP contribution in [0.15, 0.2) is 48.1 Å². The third-order valence-electron chi connectivity index (χ3n) is 4.12. The molecule has 0 aliphatic rings. The molecule has 3 aromatic heterocycles. The molecule has 10 heteroatoms. The highest BCUT2D eigenvalue weighted by Gasteiger charge is 2.34. The van der Waals surface area contributed by atoms with Crippen molar-refractivity contribution in [2.45, 2.75) is 6.18 Å². The standard InChI is InChI=1S/C18H12F3N5OS/c1-26-16(6-15(25-26)18(19,20)21)24-17(27)11-3-2-10-4-12(7-22-14(10)5-11)13-8-23-28-9-13/h2-9H,1H3,(H,24,27). The molecule has 0 fully saturated rings. The van der Waals surface area contributed by atoms with E-state index >= 15 is 0 Å². The second-order valence-corrected chi connectivity index (χ2v) is 6.69. The molecule has 0 spiro atoms. The van der Waals surface area contributed by atoms with Gasteiger partial charge in [0.1, 0.15) is 5.82 Å². The molecule has 142 valence electrons. The van der Waals surface area contributed by atoms with Crippen molar-refractivity contribution in [3.8, 4) is 11.1 Å². The summed E-state index contributed by atoms with van der Waals surface area (Å²) in [5.41, 5.74) is 1.67. The van der Waals surface area contributed by atoms with Crippen LogP contribution in [0.2, 0.25) is 0 Å². The predicted octanol–water partition coefficient (Wildman–Crippen LogP) is 4.36. The Morgan fingerprint density at radius 2 is 1.96 bits per heavy atom. The fourth-order valence-corrected chi connectivity index (χ4v) is 3.22. The van der Waals surface area contributed by atoms with Crippen molar-refractivity contribution in [3.63, 3.8) is 0 Å². The van der Waals surface area contributed by atoms with Crippen LogP contribution in [0.4, 0.5) is 19.0 Å². The minimum Gasteiger partial charge on any atom is -0.307 e. The van der Waals surface area contributed by atoms with E-state index in [4.69, 9.17) is 0 Å². The number of nitrogens with one attached hydrogen (secondary N) is 1. The summed E-state index contributed by atoms with van der Waals surface area (Å²) in [6.45, 7) is 0. The van der Waals surface area contributed by atoms with Crippen LogP contribution < -0.4 is 5.32 Å². The van der Waals surface area contributed by atoms with E-state index < -0.39 is 17.8 Å². The van der Waals surface area contributed by atoms with Gasteiger partial charge in [-0.1, -0.05) is 6.07 Å². The van der Waals surface area contributed by atoms with Crippen molar-refractivity contribution in [2.75, 3.05) is 5.32 Å². The van der Waals surface area contributed by atoms with Gasteiger partial charge in [0.15, 0.2) is 5.69 Å². The van der Waals surface area contributed by atoms with E-state index in [1.807, 2.05) is 11.4 Å². The Labute approximate surface area is 160 Å². The predicted molar refractivity (Wildman–Crippen MR) is 99.0 cm³/mol. The van der Waals surface area contributed by atoms with E-state index in [0.717, 1.165) is 27.3 Å². The first-order chi connectivity index (χ1) is 13.3. The molecule has 0 unspecified atom stereocenters. The van der Waals surface area contributed by atoms with E-state index in [0.29, 0.717) is 5.52 Å². The first kappa shape index (κ1) is 18.1. The van der Waals surface area contributed by atoms with Gasteiger partial charge in [-0.05, 0) is 29.7 Å². The minimum absolute atomic E-state index is 0.0503. The molecular weight excluding hydrogens is 391 g/mol. The van der Waals surface area contributed by atoms with Crippen molar-refractivity contribution in [1.29, 1.82) is 0 Å². The molecule has 4 aromatic rings. The molecule has 28 heavy (non-hydrogen) atoms. The Bertz CT molecular complexity index is 1170. The lowest BCUT2D eigenvalue weighted by Crippen LogP contribution is -2.14. The number of anilines is 1. The topological polar surface area (TPSA) is 72.7 Å². The van der Waals surface area contributed by atoms with Gasteiger partial charge in [-0.15, -0.1) is 0 Å². The first-order valence-corrected chi connectivity index (χ1v) is 8.87. The molecule has 0 bridgehead atoms. The molecule has 0 radical (unpaired) electrons. The maximum atomic E-state index is 12.8. The SMILES string of the molecule is Cn1nc(C(F)(F)F)cc1NC(=O)c1ccc2cc(-c3cnsc3)cnc2c1. The quantitative estimate of drug-likeness (QED) is 0.552. The molecule has 1 amide bonds. The van der Waals surface area contributed by atoms with Crippen molar-refractivity contribution in [1.82, 2.24) is 19.1 Å². The number of halogens is 3. The molecule has 3 heterocycles. The highest BCUT2D eigenvalue weighted by molar-refractivity contribution is 7.03. The first-order valence-electron chi connectivity index (χ1n) is 8.03. The van der Waals surface area contributed by atoms with Gasteiger partial charge in [0.2, 0.25) is 0 Å². The van der Waals surface area contributed by atoms with Crippen molar-refractivity contribution < 1.29 is 18.0 Å². The highest BCUT2D eigenvalue weighted by atomic mass is 32.1. The number of aryl methyl sites for hydroxylation is 1. The van der Waals surface area contributed by atoms with Crippen molar-refractivity contribution >= 4 is 34.2 Å². The van der Waals surface area contributed by atoms with Gasteiger partial charge in [0.25, 0.3) is 5.91 Å². The number of pyridine rings is 1. The summed E-state index contributed by atoms with van der Waals surface area (Å²) in [6, 6.07) is 7.64. The number of rotatable bonds is 3. The number of benzene rings is 1. The zero-order valence-electron chi connectivity index (χ0n) is 14.4. The van der Waals surface area contributed by atoms with Gasteiger partial charge in [-0.3, -0.25) is 14.5 Å². The summed E-state index contributed by atoms with van der Waals surface area (Å²) < 4.78 is 43.3. The van der Waals surface area contributed by atoms with Crippen LogP contribution in [-0.4, -0.2) is 25.0 Å². The van der Waals surface area contributed by atoms with Crippen LogP contribution in [0.1, 0.15) is 16.1 Å². The summed E-state index contributed by atoms with van der Waals surface area (Å²) in [4.78, 5) is 16.8. The maximum Gasteiger partial charge on any atom is 0.435 e. The minimum atomic E-state index is -4.58. The van der Waals surface area contributed by atoms with Gasteiger partial charge in [-0.2, -0.15) is 18.3 Å². The van der Waals surface area contributed by atoms with Crippen LogP contribution in [0.5, 0.6) is 0 Å². The Morgan fingerprint density at radius 1 is 1.14 bits per heavy atom. The lowest BCUT2D eigenvalue weighted by Gasteiger charge is -2.07. The summed E-state index contributed by atoms with van der Waals surface area (Å²) in [5.74, 6) is -0.600. The average Bonchev–Trinajstić information content (AvgIpc) is 3.31. The number of hydrogen-bond donors (Lipinski definition) is 1. The lowest BCUT2D eigenvalue weighted by atomic mass is 10.1. The zero-order valence-corrected chi connectivity index (χ0v) is 15.2. The fraction of sp³-hybridized carbons (Fsp3) is 0.111. The second kappa shape index (κ2) is 6.71. The molecular formula is C18H12F3N5OS. The Balaban J connectivity index is 1.60. The molecule has 0 saturated carbocycles. The highest BCUT2D eigenvalue weighted by Crippen LogP contribution is 2.30. The number of hydrogen-bond acceptors (Lipinski definition) is 5. The molecule has 0 atom stereocenters. The van der Waals surface area contributed by atoms with Crippen LogP contribution in [-0.2, 0) is 13.2 Å². The van der Waals surface area contributed by atoms with Crippen LogP contribution in [0.25, 0.3) is 22.0 Å². The van der Waals surface area contributed by atoms with Crippen LogP contribution in [0.3, 0.4) is 0 Å². The Kier molecular flexibility index (Phi) is 4.34. The monoisotopic (exact) mass is 403 g/mol. The Morgan fingerprint density at radius 3 is 2.64 bits per heavy atom. The maximum absolute atomic E-state index is 12.8. The molecule has 1 N–H and O–H groups in total. The molecule has 0 aliphatic carbocycles. The van der Waals surface area contributed by atoms with Gasteiger partial charge in [-0.25, -0.2) is 4.37 Å². The Hall–Kier alpha value is -3.27. The van der Waals surface area contributed by atoms with Crippen molar-refractivity contribution in [2.24, 2.45) is 7.05 Å². The normalized spacial score (nSPS) is 11.7. The third kappa shape index (κ3) is 3.46. The van der Waals surface area contributed by atoms with E-state index in [2.05, 4.69) is 19.8 Å². The molecule has 4 rings (SSSR count). The van der Waals surface area contributed by atoms with Crippen LogP contribution in [0, 0.1) is 0 Å². The van der Waals surface area contributed by atoms with E-state index in [1.54, 1.807) is 30.6 Å². The molecule has 0 saturated heterocycles. The summed E-state index contributed by atoms with van der Waals surface area (Å²) in [6.07, 6.45) is -1.15.